The molecule has 0 aliphatic heterocycles. The van der Waals surface area contributed by atoms with E-state index in [0.717, 1.165) is 22.5 Å². The molecule has 3 aromatic carbocycles. The van der Waals surface area contributed by atoms with E-state index in [9.17, 15) is 0 Å². The van der Waals surface area contributed by atoms with Gasteiger partial charge in [0.1, 0.15) is 0 Å². The first-order valence-electron chi connectivity index (χ1n) is 7.29. The highest BCUT2D eigenvalue weighted by Gasteiger charge is 2.01. The Morgan fingerprint density at radius 3 is 0.958 bits per heavy atom. The molecular weight excluding hydrogens is 300 g/mol. The van der Waals surface area contributed by atoms with Gasteiger partial charge in [-0.2, -0.15) is 0 Å². The molecule has 0 saturated heterocycles. The molecule has 0 aliphatic rings. The Hall–Kier alpha value is -3.54. The molecule has 124 valence electrons. The molecule has 0 radical (unpaired) electrons. The van der Waals surface area contributed by atoms with E-state index in [1.165, 1.54) is 0 Å². The van der Waals surface area contributed by atoms with E-state index in [1.54, 1.807) is 12.1 Å². The van der Waals surface area contributed by atoms with Crippen molar-refractivity contribution in [1.29, 1.82) is 0 Å². The van der Waals surface area contributed by atoms with Crippen LogP contribution in [0.4, 0.5) is 34.1 Å². The Kier molecular flexibility index (Phi) is 5.01. The second kappa shape index (κ2) is 7.15. The Labute approximate surface area is 141 Å². The summed E-state index contributed by atoms with van der Waals surface area (Å²) >= 11 is 0. The van der Waals surface area contributed by atoms with Crippen LogP contribution in [0, 0.1) is 0 Å². The maximum Gasteiger partial charge on any atom is 0.0802 e. The van der Waals surface area contributed by atoms with Crippen molar-refractivity contribution in [2.24, 2.45) is 0 Å². The van der Waals surface area contributed by atoms with Crippen LogP contribution in [-0.2, 0) is 0 Å². The molecule has 0 unspecified atom stereocenters. The summed E-state index contributed by atoms with van der Waals surface area (Å²) in [5.41, 5.74) is 38.5. The highest BCUT2D eigenvalue weighted by atomic mass is 14.8. The van der Waals surface area contributed by atoms with Crippen molar-refractivity contribution >= 4 is 34.1 Å². The summed E-state index contributed by atoms with van der Waals surface area (Å²) in [5.74, 6) is 0. The molecule has 0 spiro atoms. The van der Waals surface area contributed by atoms with Crippen molar-refractivity contribution in [1.82, 2.24) is 0 Å². The molecule has 3 aromatic rings. The minimum absolute atomic E-state index is 0.361. The van der Waals surface area contributed by atoms with Gasteiger partial charge >= 0.3 is 0 Å². The Morgan fingerprint density at radius 2 is 0.667 bits per heavy atom. The summed E-state index contributed by atoms with van der Waals surface area (Å²) in [6.45, 7) is 0. The molecular formula is C18H22N6. The van der Waals surface area contributed by atoms with E-state index in [1.807, 2.05) is 48.5 Å². The number of hydrogen-bond acceptors (Lipinski definition) is 6. The quantitative estimate of drug-likeness (QED) is 0.378. The Bertz CT molecular complexity index is 740. The highest BCUT2D eigenvalue weighted by molar-refractivity contribution is 5.85. The zero-order chi connectivity index (χ0) is 17.7. The van der Waals surface area contributed by atoms with Gasteiger partial charge in [0.2, 0.25) is 0 Å². The van der Waals surface area contributed by atoms with Crippen molar-refractivity contribution < 1.29 is 0 Å². The molecule has 24 heavy (non-hydrogen) atoms. The monoisotopic (exact) mass is 322 g/mol. The standard InChI is InChI=1S/C12H12N2.C6H10N4/c13-11-5-1-9(2-6-11)10-3-7-12(14)8-4-10;7-3-1-2-4(8)6(10)5(3)9/h1-8H,13-14H2;1-2H,7-10H2. The maximum absolute atomic E-state index is 5.61. The fraction of sp³-hybridized carbons (Fsp3) is 0. The third-order valence-corrected chi connectivity index (χ3v) is 3.51. The summed E-state index contributed by atoms with van der Waals surface area (Å²) in [6, 6.07) is 18.8. The first-order chi connectivity index (χ1) is 11.4. The fourth-order valence-electron chi connectivity index (χ4n) is 2.02. The van der Waals surface area contributed by atoms with Gasteiger partial charge in [-0.15, -0.1) is 0 Å². The molecule has 0 heterocycles. The molecule has 0 aromatic heterocycles. The summed E-state index contributed by atoms with van der Waals surface area (Å²) in [4.78, 5) is 0. The first-order valence-corrected chi connectivity index (χ1v) is 7.29. The number of rotatable bonds is 1. The van der Waals surface area contributed by atoms with Crippen LogP contribution in [0.3, 0.4) is 0 Å². The molecule has 0 atom stereocenters. The van der Waals surface area contributed by atoms with Crippen LogP contribution < -0.4 is 34.4 Å². The van der Waals surface area contributed by atoms with Gasteiger partial charge < -0.3 is 34.4 Å². The molecule has 0 fully saturated rings. The first kappa shape index (κ1) is 16.8. The lowest BCUT2D eigenvalue weighted by molar-refractivity contribution is 1.61. The second-order valence-corrected chi connectivity index (χ2v) is 5.32. The molecule has 0 saturated carbocycles. The minimum atomic E-state index is 0.361. The summed E-state index contributed by atoms with van der Waals surface area (Å²) in [5, 5.41) is 0. The van der Waals surface area contributed by atoms with Crippen LogP contribution >= 0.6 is 0 Å². The number of nitrogens with two attached hydrogens (primary N) is 6. The Balaban J connectivity index is 0.000000185. The van der Waals surface area contributed by atoms with Crippen LogP contribution in [0.2, 0.25) is 0 Å². The van der Waals surface area contributed by atoms with Gasteiger partial charge in [-0.1, -0.05) is 24.3 Å². The number of hydrogen-bond donors (Lipinski definition) is 6. The number of benzene rings is 3. The largest absolute Gasteiger partial charge is 0.399 e. The molecule has 0 amide bonds. The highest BCUT2D eigenvalue weighted by Crippen LogP contribution is 2.27. The maximum atomic E-state index is 5.61. The summed E-state index contributed by atoms with van der Waals surface area (Å²) in [7, 11) is 0. The smallest absolute Gasteiger partial charge is 0.0802 e. The van der Waals surface area contributed by atoms with Gasteiger partial charge in [0.25, 0.3) is 0 Å². The van der Waals surface area contributed by atoms with Crippen molar-refractivity contribution in [3.63, 3.8) is 0 Å². The normalized spacial score (nSPS) is 9.83. The van der Waals surface area contributed by atoms with Gasteiger partial charge in [-0.25, -0.2) is 0 Å². The fourth-order valence-corrected chi connectivity index (χ4v) is 2.02. The van der Waals surface area contributed by atoms with Gasteiger partial charge in [0, 0.05) is 11.4 Å². The van der Waals surface area contributed by atoms with Gasteiger partial charge in [-0.3, -0.25) is 0 Å². The molecule has 12 N–H and O–H groups in total. The second-order valence-electron chi connectivity index (χ2n) is 5.32. The third-order valence-electron chi connectivity index (χ3n) is 3.51. The molecule has 6 heteroatoms. The molecule has 6 nitrogen and oxygen atoms in total. The van der Waals surface area contributed by atoms with E-state index in [4.69, 9.17) is 34.4 Å². The van der Waals surface area contributed by atoms with Crippen molar-refractivity contribution in [3.8, 4) is 11.1 Å². The topological polar surface area (TPSA) is 156 Å². The zero-order valence-corrected chi connectivity index (χ0v) is 13.2. The van der Waals surface area contributed by atoms with Crippen LogP contribution in [0.1, 0.15) is 0 Å². The van der Waals surface area contributed by atoms with Crippen LogP contribution in [0.5, 0.6) is 0 Å². The van der Waals surface area contributed by atoms with E-state index in [-0.39, 0.29) is 0 Å². The van der Waals surface area contributed by atoms with Crippen LogP contribution in [0.15, 0.2) is 60.7 Å². The van der Waals surface area contributed by atoms with Crippen molar-refractivity contribution in [2.45, 2.75) is 0 Å². The number of nitrogen functional groups attached to an aromatic ring is 6. The lowest BCUT2D eigenvalue weighted by Gasteiger charge is -2.05. The predicted octanol–water partition coefficient (Wildman–Crippen LogP) is 2.53. The van der Waals surface area contributed by atoms with Crippen LogP contribution in [0.25, 0.3) is 11.1 Å². The lowest BCUT2D eigenvalue weighted by atomic mass is 10.1. The van der Waals surface area contributed by atoms with E-state index >= 15 is 0 Å². The van der Waals surface area contributed by atoms with E-state index in [0.29, 0.717) is 22.7 Å². The molecule has 3 rings (SSSR count). The lowest BCUT2D eigenvalue weighted by Crippen LogP contribution is -2.02. The average Bonchev–Trinajstić information content (AvgIpc) is 2.59. The van der Waals surface area contributed by atoms with E-state index in [2.05, 4.69) is 0 Å². The van der Waals surface area contributed by atoms with E-state index < -0.39 is 0 Å². The molecule has 0 bridgehead atoms. The van der Waals surface area contributed by atoms with Gasteiger partial charge in [0.05, 0.1) is 22.7 Å². The summed E-state index contributed by atoms with van der Waals surface area (Å²) in [6.07, 6.45) is 0. The Morgan fingerprint density at radius 1 is 0.375 bits per heavy atom. The summed E-state index contributed by atoms with van der Waals surface area (Å²) < 4.78 is 0. The van der Waals surface area contributed by atoms with Gasteiger partial charge in [-0.05, 0) is 47.5 Å². The van der Waals surface area contributed by atoms with Crippen molar-refractivity contribution in [3.05, 3.63) is 60.7 Å². The predicted molar refractivity (Wildman–Crippen MR) is 105 cm³/mol. The minimum Gasteiger partial charge on any atom is -0.399 e. The number of anilines is 6. The average molecular weight is 322 g/mol. The SMILES string of the molecule is Nc1ccc(-c2ccc(N)cc2)cc1.Nc1ccc(N)c(N)c1N. The zero-order valence-electron chi connectivity index (χ0n) is 13.2. The van der Waals surface area contributed by atoms with Crippen molar-refractivity contribution in [2.75, 3.05) is 34.4 Å². The van der Waals surface area contributed by atoms with Gasteiger partial charge in [0.15, 0.2) is 0 Å². The van der Waals surface area contributed by atoms with Crippen LogP contribution in [-0.4, -0.2) is 0 Å². The molecule has 0 aliphatic carbocycles. The third kappa shape index (κ3) is 4.01.